The molecule has 4 rings (SSSR count). The van der Waals surface area contributed by atoms with E-state index in [2.05, 4.69) is 10.3 Å². The van der Waals surface area contributed by atoms with E-state index < -0.39 is 0 Å². The van der Waals surface area contributed by atoms with Crippen molar-refractivity contribution >= 4 is 34.2 Å². The SMILES string of the molecule is CC(=O)c1ccc(NC(=O)C2CN(C(=O)c3c[nH]c4ccccc34)C2)cc1. The molecule has 2 heterocycles. The summed E-state index contributed by atoms with van der Waals surface area (Å²) in [4.78, 5) is 41.1. The fraction of sp³-hybridized carbons (Fsp3) is 0.190. The van der Waals surface area contributed by atoms with E-state index >= 15 is 0 Å². The number of hydrogen-bond donors (Lipinski definition) is 2. The molecule has 27 heavy (non-hydrogen) atoms. The third-order valence-corrected chi connectivity index (χ3v) is 4.92. The highest BCUT2D eigenvalue weighted by molar-refractivity contribution is 6.07. The summed E-state index contributed by atoms with van der Waals surface area (Å²) in [5.41, 5.74) is 2.80. The Morgan fingerprint density at radius 3 is 2.44 bits per heavy atom. The molecule has 0 aliphatic carbocycles. The second-order valence-electron chi connectivity index (χ2n) is 6.78. The van der Waals surface area contributed by atoms with Gasteiger partial charge in [0.25, 0.3) is 5.91 Å². The second kappa shape index (κ2) is 6.72. The molecular weight excluding hydrogens is 342 g/mol. The topological polar surface area (TPSA) is 82.3 Å². The molecule has 1 aliphatic rings. The van der Waals surface area contributed by atoms with Gasteiger partial charge in [0.1, 0.15) is 0 Å². The molecule has 6 heteroatoms. The first-order valence-corrected chi connectivity index (χ1v) is 8.80. The van der Waals surface area contributed by atoms with Crippen molar-refractivity contribution in [1.29, 1.82) is 0 Å². The number of fused-ring (bicyclic) bond motifs is 1. The molecule has 0 spiro atoms. The summed E-state index contributed by atoms with van der Waals surface area (Å²) in [6.07, 6.45) is 1.72. The summed E-state index contributed by atoms with van der Waals surface area (Å²) < 4.78 is 0. The van der Waals surface area contributed by atoms with Gasteiger partial charge in [-0.3, -0.25) is 14.4 Å². The van der Waals surface area contributed by atoms with Gasteiger partial charge < -0.3 is 15.2 Å². The highest BCUT2D eigenvalue weighted by atomic mass is 16.2. The van der Waals surface area contributed by atoms with Gasteiger partial charge in [0.05, 0.1) is 11.5 Å². The van der Waals surface area contributed by atoms with E-state index in [-0.39, 0.29) is 23.5 Å². The Hall–Kier alpha value is -3.41. The largest absolute Gasteiger partial charge is 0.360 e. The fourth-order valence-electron chi connectivity index (χ4n) is 3.26. The first-order chi connectivity index (χ1) is 13.0. The maximum atomic E-state index is 12.7. The summed E-state index contributed by atoms with van der Waals surface area (Å²) in [5, 5.41) is 3.73. The van der Waals surface area contributed by atoms with Crippen molar-refractivity contribution in [3.8, 4) is 0 Å². The number of nitrogens with zero attached hydrogens (tertiary/aromatic N) is 1. The minimum absolute atomic E-state index is 0.0155. The van der Waals surface area contributed by atoms with Crippen LogP contribution in [0, 0.1) is 5.92 Å². The number of rotatable bonds is 4. The van der Waals surface area contributed by atoms with Gasteiger partial charge in [-0.05, 0) is 37.3 Å². The average molecular weight is 361 g/mol. The van der Waals surface area contributed by atoms with Crippen LogP contribution in [0.2, 0.25) is 0 Å². The molecule has 0 saturated carbocycles. The molecule has 0 atom stereocenters. The number of carbonyl (C=O) groups is 3. The van der Waals surface area contributed by atoms with Gasteiger partial charge in [0.15, 0.2) is 5.78 Å². The van der Waals surface area contributed by atoms with Crippen LogP contribution in [0.25, 0.3) is 10.9 Å². The van der Waals surface area contributed by atoms with E-state index in [1.165, 1.54) is 6.92 Å². The number of likely N-dealkylation sites (tertiary alicyclic amines) is 1. The molecule has 2 aromatic carbocycles. The molecular formula is C21H19N3O3. The summed E-state index contributed by atoms with van der Waals surface area (Å²) in [6, 6.07) is 14.4. The van der Waals surface area contributed by atoms with Crippen molar-refractivity contribution < 1.29 is 14.4 Å². The molecule has 0 unspecified atom stereocenters. The van der Waals surface area contributed by atoms with Crippen molar-refractivity contribution in [2.24, 2.45) is 5.92 Å². The molecule has 1 saturated heterocycles. The van der Waals surface area contributed by atoms with E-state index in [9.17, 15) is 14.4 Å². The highest BCUT2D eigenvalue weighted by Gasteiger charge is 2.36. The smallest absolute Gasteiger partial charge is 0.256 e. The lowest BCUT2D eigenvalue weighted by atomic mass is 9.97. The average Bonchev–Trinajstić information content (AvgIpc) is 3.05. The summed E-state index contributed by atoms with van der Waals surface area (Å²) >= 11 is 0. The number of benzene rings is 2. The third-order valence-electron chi connectivity index (χ3n) is 4.92. The molecule has 1 fully saturated rings. The Labute approximate surface area is 156 Å². The van der Waals surface area contributed by atoms with E-state index in [4.69, 9.17) is 0 Å². The van der Waals surface area contributed by atoms with E-state index in [1.807, 2.05) is 24.3 Å². The summed E-state index contributed by atoms with van der Waals surface area (Å²) in [5.74, 6) is -0.430. The number of H-pyrrole nitrogens is 1. The van der Waals surface area contributed by atoms with Gasteiger partial charge >= 0.3 is 0 Å². The van der Waals surface area contributed by atoms with Crippen LogP contribution < -0.4 is 5.32 Å². The monoisotopic (exact) mass is 361 g/mol. The lowest BCUT2D eigenvalue weighted by Gasteiger charge is -2.38. The molecule has 2 amide bonds. The van der Waals surface area contributed by atoms with Crippen molar-refractivity contribution in [3.63, 3.8) is 0 Å². The Balaban J connectivity index is 1.36. The lowest BCUT2D eigenvalue weighted by molar-refractivity contribution is -0.123. The number of aromatic amines is 1. The number of para-hydroxylation sites is 1. The fourth-order valence-corrected chi connectivity index (χ4v) is 3.26. The number of Topliss-reactive ketones (excluding diaryl/α,β-unsaturated/α-hetero) is 1. The molecule has 2 N–H and O–H groups in total. The van der Waals surface area contributed by atoms with Crippen LogP contribution in [0.3, 0.4) is 0 Å². The van der Waals surface area contributed by atoms with Gasteiger partial charge in [-0.1, -0.05) is 18.2 Å². The van der Waals surface area contributed by atoms with E-state index in [1.54, 1.807) is 35.4 Å². The maximum Gasteiger partial charge on any atom is 0.256 e. The van der Waals surface area contributed by atoms with Gasteiger partial charge in [-0.25, -0.2) is 0 Å². The molecule has 3 aromatic rings. The standard InChI is InChI=1S/C21H19N3O3/c1-13(25)14-6-8-16(9-7-14)23-20(26)15-11-24(12-15)21(27)18-10-22-19-5-3-2-4-17(18)19/h2-10,15,22H,11-12H2,1H3,(H,23,26). The zero-order valence-electron chi connectivity index (χ0n) is 14.9. The number of ketones is 1. The summed E-state index contributed by atoms with van der Waals surface area (Å²) in [6.45, 7) is 2.30. The molecule has 6 nitrogen and oxygen atoms in total. The predicted octanol–water partition coefficient (Wildman–Crippen LogP) is 3.08. The number of nitrogens with one attached hydrogen (secondary N) is 2. The van der Waals surface area contributed by atoms with Gasteiger partial charge in [0, 0.05) is 41.4 Å². The van der Waals surface area contributed by atoms with Crippen molar-refractivity contribution in [2.45, 2.75) is 6.92 Å². The van der Waals surface area contributed by atoms with Crippen LogP contribution in [0.15, 0.2) is 54.7 Å². The van der Waals surface area contributed by atoms with Gasteiger partial charge in [0.2, 0.25) is 5.91 Å². The number of amides is 2. The molecule has 1 aromatic heterocycles. The molecule has 0 bridgehead atoms. The van der Waals surface area contributed by atoms with Gasteiger partial charge in [-0.15, -0.1) is 0 Å². The minimum Gasteiger partial charge on any atom is -0.360 e. The molecule has 1 aliphatic heterocycles. The van der Waals surface area contributed by atoms with Crippen molar-refractivity contribution in [1.82, 2.24) is 9.88 Å². The zero-order chi connectivity index (χ0) is 19.0. The Kier molecular flexibility index (Phi) is 4.24. The Morgan fingerprint density at radius 2 is 1.74 bits per heavy atom. The number of anilines is 1. The lowest BCUT2D eigenvalue weighted by Crippen LogP contribution is -2.54. The van der Waals surface area contributed by atoms with Crippen LogP contribution in [0.1, 0.15) is 27.6 Å². The van der Waals surface area contributed by atoms with Crippen molar-refractivity contribution in [2.75, 3.05) is 18.4 Å². The second-order valence-corrected chi connectivity index (χ2v) is 6.78. The number of carbonyl (C=O) groups excluding carboxylic acids is 3. The van der Waals surface area contributed by atoms with Crippen LogP contribution in [-0.2, 0) is 4.79 Å². The molecule has 0 radical (unpaired) electrons. The minimum atomic E-state index is -0.230. The summed E-state index contributed by atoms with van der Waals surface area (Å²) in [7, 11) is 0. The van der Waals surface area contributed by atoms with Crippen LogP contribution in [0.5, 0.6) is 0 Å². The Morgan fingerprint density at radius 1 is 1.04 bits per heavy atom. The van der Waals surface area contributed by atoms with Crippen LogP contribution in [-0.4, -0.2) is 40.6 Å². The number of aromatic nitrogens is 1. The quantitative estimate of drug-likeness (QED) is 0.701. The number of hydrogen-bond acceptors (Lipinski definition) is 3. The van der Waals surface area contributed by atoms with Gasteiger partial charge in [-0.2, -0.15) is 0 Å². The first kappa shape index (κ1) is 17.0. The maximum absolute atomic E-state index is 12.7. The van der Waals surface area contributed by atoms with Crippen LogP contribution >= 0.6 is 0 Å². The zero-order valence-corrected chi connectivity index (χ0v) is 14.9. The first-order valence-electron chi connectivity index (χ1n) is 8.80. The molecule has 136 valence electrons. The van der Waals surface area contributed by atoms with Crippen LogP contribution in [0.4, 0.5) is 5.69 Å². The van der Waals surface area contributed by atoms with Crippen molar-refractivity contribution in [3.05, 3.63) is 65.9 Å². The highest BCUT2D eigenvalue weighted by Crippen LogP contribution is 2.25. The predicted molar refractivity (Wildman–Crippen MR) is 103 cm³/mol. The van der Waals surface area contributed by atoms with E-state index in [0.717, 1.165) is 10.9 Å². The Bertz CT molecular complexity index is 1030. The normalized spacial score (nSPS) is 14.0. The van der Waals surface area contributed by atoms with E-state index in [0.29, 0.717) is 29.9 Å². The third kappa shape index (κ3) is 3.21.